The Morgan fingerprint density at radius 3 is 2.56 bits per heavy atom. The lowest BCUT2D eigenvalue weighted by atomic mass is 10.1. The molecule has 0 aliphatic heterocycles. The molecule has 2 aromatic carbocycles. The van der Waals surface area contributed by atoms with E-state index in [2.05, 4.69) is 0 Å². The number of rotatable bonds is 3. The van der Waals surface area contributed by atoms with Gasteiger partial charge in [-0.15, -0.1) is 0 Å². The molecule has 0 atom stereocenters. The number of fused-ring (bicyclic) bond motifs is 1. The predicted octanol–water partition coefficient (Wildman–Crippen LogP) is 2.95. The second-order valence-electron chi connectivity index (χ2n) is 3.40. The number of benzene rings is 2. The van der Waals surface area contributed by atoms with Crippen LogP contribution >= 0.6 is 0 Å². The first kappa shape index (κ1) is 10.6. The van der Waals surface area contributed by atoms with Crippen LogP contribution in [0, 0.1) is 0 Å². The van der Waals surface area contributed by atoms with Gasteiger partial charge in [-0.25, -0.2) is 0 Å². The van der Waals surface area contributed by atoms with E-state index in [0.717, 1.165) is 16.5 Å². The van der Waals surface area contributed by atoms with Crippen LogP contribution in [0.1, 0.15) is 6.92 Å². The van der Waals surface area contributed by atoms with Crippen LogP contribution in [0.2, 0.25) is 0 Å². The van der Waals surface area contributed by atoms with Gasteiger partial charge in [0.25, 0.3) is 0 Å². The highest BCUT2D eigenvalue weighted by atomic mass is 16.5. The molecule has 0 amide bonds. The van der Waals surface area contributed by atoms with E-state index in [1.165, 1.54) is 0 Å². The molecule has 16 heavy (non-hydrogen) atoms. The molecule has 0 aromatic heterocycles. The monoisotopic (exact) mass is 218 g/mol. The maximum Gasteiger partial charge on any atom is 0.165 e. The molecule has 0 saturated carbocycles. The molecule has 0 saturated heterocycles. The molecule has 0 spiro atoms. The minimum Gasteiger partial charge on any atom is -0.504 e. The van der Waals surface area contributed by atoms with Crippen molar-refractivity contribution >= 4 is 10.8 Å². The van der Waals surface area contributed by atoms with E-state index in [-0.39, 0.29) is 5.75 Å². The van der Waals surface area contributed by atoms with Gasteiger partial charge in [0.1, 0.15) is 5.75 Å². The summed E-state index contributed by atoms with van der Waals surface area (Å²) in [7, 11) is 1.61. The zero-order chi connectivity index (χ0) is 11.5. The molecule has 3 nitrogen and oxygen atoms in total. The maximum atomic E-state index is 10.0. The standard InChI is InChI=1S/C13H14O3/c1-3-16-12-8-7-9-10(13(12)14)5-4-6-11(9)15-2/h4-8,14H,3H2,1-2H3. The fourth-order valence-electron chi connectivity index (χ4n) is 1.74. The van der Waals surface area contributed by atoms with Crippen LogP contribution in [0.15, 0.2) is 30.3 Å². The van der Waals surface area contributed by atoms with Gasteiger partial charge in [0, 0.05) is 10.8 Å². The normalized spacial score (nSPS) is 10.4. The molecule has 0 fully saturated rings. The third kappa shape index (κ3) is 1.65. The highest BCUT2D eigenvalue weighted by Crippen LogP contribution is 2.37. The average Bonchev–Trinajstić information content (AvgIpc) is 2.32. The summed E-state index contributed by atoms with van der Waals surface area (Å²) >= 11 is 0. The predicted molar refractivity (Wildman–Crippen MR) is 63.3 cm³/mol. The number of methoxy groups -OCH3 is 1. The SMILES string of the molecule is CCOc1ccc2c(OC)cccc2c1O. The van der Waals surface area contributed by atoms with Crippen molar-refractivity contribution in [3.8, 4) is 17.2 Å². The summed E-state index contributed by atoms with van der Waals surface area (Å²) in [5.41, 5.74) is 0. The van der Waals surface area contributed by atoms with Gasteiger partial charge in [-0.3, -0.25) is 0 Å². The van der Waals surface area contributed by atoms with Gasteiger partial charge in [0.05, 0.1) is 13.7 Å². The number of phenolic OH excluding ortho intramolecular Hbond substituents is 1. The van der Waals surface area contributed by atoms with Gasteiger partial charge in [0.2, 0.25) is 0 Å². The highest BCUT2D eigenvalue weighted by Gasteiger charge is 2.09. The molecule has 0 aliphatic carbocycles. The minimum atomic E-state index is 0.165. The minimum absolute atomic E-state index is 0.165. The summed E-state index contributed by atoms with van der Waals surface area (Å²) in [4.78, 5) is 0. The molecule has 2 rings (SSSR count). The molecular formula is C13H14O3. The Morgan fingerprint density at radius 2 is 1.88 bits per heavy atom. The quantitative estimate of drug-likeness (QED) is 0.860. The summed E-state index contributed by atoms with van der Waals surface area (Å²) in [6.07, 6.45) is 0. The van der Waals surface area contributed by atoms with Crippen molar-refractivity contribution in [2.24, 2.45) is 0 Å². The van der Waals surface area contributed by atoms with Gasteiger partial charge in [-0.2, -0.15) is 0 Å². The lowest BCUT2D eigenvalue weighted by Gasteiger charge is -2.10. The van der Waals surface area contributed by atoms with E-state index in [4.69, 9.17) is 9.47 Å². The van der Waals surface area contributed by atoms with E-state index in [9.17, 15) is 5.11 Å². The molecule has 0 aliphatic rings. The molecule has 0 radical (unpaired) electrons. The smallest absolute Gasteiger partial charge is 0.165 e. The zero-order valence-corrected chi connectivity index (χ0v) is 9.36. The van der Waals surface area contributed by atoms with Crippen molar-refractivity contribution in [3.05, 3.63) is 30.3 Å². The van der Waals surface area contributed by atoms with E-state index in [0.29, 0.717) is 12.4 Å². The van der Waals surface area contributed by atoms with Crippen molar-refractivity contribution in [1.29, 1.82) is 0 Å². The summed E-state index contributed by atoms with van der Waals surface area (Å²) in [6.45, 7) is 2.41. The molecule has 1 N–H and O–H groups in total. The number of hydrogen-bond acceptors (Lipinski definition) is 3. The Labute approximate surface area is 94.2 Å². The third-order valence-corrected chi connectivity index (χ3v) is 2.48. The van der Waals surface area contributed by atoms with Crippen LogP contribution in [-0.4, -0.2) is 18.8 Å². The lowest BCUT2D eigenvalue weighted by Crippen LogP contribution is -1.92. The van der Waals surface area contributed by atoms with Crippen LogP contribution in [-0.2, 0) is 0 Å². The largest absolute Gasteiger partial charge is 0.504 e. The number of aromatic hydroxyl groups is 1. The van der Waals surface area contributed by atoms with E-state index in [1.807, 2.05) is 31.2 Å². The van der Waals surface area contributed by atoms with E-state index >= 15 is 0 Å². The fourth-order valence-corrected chi connectivity index (χ4v) is 1.74. The van der Waals surface area contributed by atoms with Crippen molar-refractivity contribution in [2.75, 3.05) is 13.7 Å². The summed E-state index contributed by atoms with van der Waals surface area (Å²) in [5.74, 6) is 1.41. The maximum absolute atomic E-state index is 10.0. The van der Waals surface area contributed by atoms with E-state index < -0.39 is 0 Å². The molecule has 0 unspecified atom stereocenters. The summed E-state index contributed by atoms with van der Waals surface area (Å²) < 4.78 is 10.6. The number of hydrogen-bond donors (Lipinski definition) is 1. The van der Waals surface area contributed by atoms with Crippen LogP contribution in [0.4, 0.5) is 0 Å². The first-order valence-electron chi connectivity index (χ1n) is 5.19. The first-order valence-corrected chi connectivity index (χ1v) is 5.19. The van der Waals surface area contributed by atoms with Crippen molar-refractivity contribution < 1.29 is 14.6 Å². The third-order valence-electron chi connectivity index (χ3n) is 2.48. The van der Waals surface area contributed by atoms with Gasteiger partial charge in [-0.1, -0.05) is 12.1 Å². The van der Waals surface area contributed by atoms with Crippen LogP contribution in [0.5, 0.6) is 17.2 Å². The highest BCUT2D eigenvalue weighted by molar-refractivity contribution is 5.94. The van der Waals surface area contributed by atoms with Gasteiger partial charge in [-0.05, 0) is 25.1 Å². The topological polar surface area (TPSA) is 38.7 Å². The molecule has 0 bridgehead atoms. The molecule has 2 aromatic rings. The summed E-state index contributed by atoms with van der Waals surface area (Å²) in [6, 6.07) is 9.19. The van der Waals surface area contributed by atoms with Gasteiger partial charge in [0.15, 0.2) is 11.5 Å². The molecule has 84 valence electrons. The average molecular weight is 218 g/mol. The van der Waals surface area contributed by atoms with Crippen LogP contribution < -0.4 is 9.47 Å². The fraction of sp³-hybridized carbons (Fsp3) is 0.231. The van der Waals surface area contributed by atoms with Gasteiger partial charge >= 0.3 is 0 Å². The first-order chi connectivity index (χ1) is 7.77. The Balaban J connectivity index is 2.66. The van der Waals surface area contributed by atoms with Crippen molar-refractivity contribution in [3.63, 3.8) is 0 Å². The van der Waals surface area contributed by atoms with E-state index in [1.54, 1.807) is 13.2 Å². The number of phenols is 1. The summed E-state index contributed by atoms with van der Waals surface area (Å²) in [5, 5.41) is 11.6. The molecule has 0 heterocycles. The van der Waals surface area contributed by atoms with Crippen LogP contribution in [0.25, 0.3) is 10.8 Å². The Morgan fingerprint density at radius 1 is 1.06 bits per heavy atom. The van der Waals surface area contributed by atoms with Crippen molar-refractivity contribution in [2.45, 2.75) is 6.92 Å². The van der Waals surface area contributed by atoms with Gasteiger partial charge < -0.3 is 14.6 Å². The Bertz CT molecular complexity index is 506. The second-order valence-corrected chi connectivity index (χ2v) is 3.40. The number of ether oxygens (including phenoxy) is 2. The lowest BCUT2D eigenvalue weighted by molar-refractivity contribution is 0.320. The van der Waals surface area contributed by atoms with Crippen LogP contribution in [0.3, 0.4) is 0 Å². The van der Waals surface area contributed by atoms with Crippen molar-refractivity contribution in [1.82, 2.24) is 0 Å². The molecule has 3 heteroatoms. The Kier molecular flexibility index (Phi) is 2.86. The second kappa shape index (κ2) is 4.31. The molecular weight excluding hydrogens is 204 g/mol. The Hall–Kier alpha value is -1.90. The zero-order valence-electron chi connectivity index (χ0n) is 9.36.